The first-order valence-electron chi connectivity index (χ1n) is 9.43. The smallest absolute Gasteiger partial charge is 0.338 e. The lowest BCUT2D eigenvalue weighted by Crippen LogP contribution is -2.05. The van der Waals surface area contributed by atoms with Crippen LogP contribution >= 0.6 is 11.6 Å². The normalized spacial score (nSPS) is 11.0. The van der Waals surface area contributed by atoms with Crippen LogP contribution in [-0.2, 0) is 11.2 Å². The Kier molecular flexibility index (Phi) is 7.04. The molecule has 0 bridgehead atoms. The van der Waals surface area contributed by atoms with E-state index in [1.54, 1.807) is 36.5 Å². The van der Waals surface area contributed by atoms with Crippen molar-refractivity contribution in [2.24, 2.45) is 4.99 Å². The number of rotatable bonds is 7. The maximum absolute atomic E-state index is 11.8. The summed E-state index contributed by atoms with van der Waals surface area (Å²) in [6.07, 6.45) is 3.05. The van der Waals surface area contributed by atoms with Gasteiger partial charge in [-0.3, -0.25) is 4.99 Å². The van der Waals surface area contributed by atoms with Crippen LogP contribution in [0.4, 0.5) is 5.69 Å². The molecule has 3 aromatic rings. The zero-order valence-corrected chi connectivity index (χ0v) is 16.9. The van der Waals surface area contributed by atoms with Gasteiger partial charge in [0.1, 0.15) is 5.75 Å². The highest BCUT2D eigenvalue weighted by Gasteiger charge is 2.07. The fourth-order valence-electron chi connectivity index (χ4n) is 2.78. The summed E-state index contributed by atoms with van der Waals surface area (Å²) in [5, 5.41) is 10.9. The summed E-state index contributed by atoms with van der Waals surface area (Å²) in [5.74, 6) is -0.191. The van der Waals surface area contributed by atoms with Gasteiger partial charge in [-0.2, -0.15) is 0 Å². The van der Waals surface area contributed by atoms with Gasteiger partial charge in [0.05, 0.1) is 17.9 Å². The van der Waals surface area contributed by atoms with E-state index in [2.05, 4.69) is 4.99 Å². The van der Waals surface area contributed by atoms with Crippen molar-refractivity contribution < 1.29 is 14.6 Å². The van der Waals surface area contributed by atoms with Crippen molar-refractivity contribution in [3.05, 3.63) is 94.0 Å². The van der Waals surface area contributed by atoms with Crippen LogP contribution in [0.1, 0.15) is 40.4 Å². The Labute approximate surface area is 175 Å². The fraction of sp³-hybridized carbons (Fsp3) is 0.167. The highest BCUT2D eigenvalue weighted by molar-refractivity contribution is 6.31. The second kappa shape index (κ2) is 9.89. The summed E-state index contributed by atoms with van der Waals surface area (Å²) < 4.78 is 5.11. The van der Waals surface area contributed by atoms with Crippen LogP contribution in [0.3, 0.4) is 0 Å². The first-order chi connectivity index (χ1) is 14.1. The molecule has 0 unspecified atom stereocenters. The molecule has 0 atom stereocenters. The highest BCUT2D eigenvalue weighted by Crippen LogP contribution is 2.23. The van der Waals surface area contributed by atoms with Gasteiger partial charge in [-0.25, -0.2) is 4.79 Å². The number of hydrogen-bond donors (Lipinski definition) is 1. The lowest BCUT2D eigenvalue weighted by Gasteiger charge is -2.07. The number of aliphatic imine (C=N–C) groups is 1. The third kappa shape index (κ3) is 5.69. The molecule has 0 saturated heterocycles. The second-order valence-electron chi connectivity index (χ2n) is 6.60. The second-order valence-corrected chi connectivity index (χ2v) is 7.01. The molecule has 0 amide bonds. The Balaban J connectivity index is 1.73. The number of nitrogens with zero attached hydrogens (tertiary/aromatic N) is 1. The molecule has 0 spiro atoms. The fourth-order valence-corrected chi connectivity index (χ4v) is 2.99. The summed E-state index contributed by atoms with van der Waals surface area (Å²) >= 11 is 6.24. The van der Waals surface area contributed by atoms with Crippen LogP contribution in [0, 0.1) is 0 Å². The number of aromatic hydroxyl groups is 1. The number of carbonyl (C=O) groups is 1. The molecule has 3 aromatic carbocycles. The zero-order valence-electron chi connectivity index (χ0n) is 16.1. The molecule has 1 N–H and O–H groups in total. The average Bonchev–Trinajstić information content (AvgIpc) is 2.74. The van der Waals surface area contributed by atoms with Gasteiger partial charge in [-0.05, 0) is 66.4 Å². The minimum atomic E-state index is -0.340. The van der Waals surface area contributed by atoms with E-state index in [-0.39, 0.29) is 11.7 Å². The van der Waals surface area contributed by atoms with Crippen LogP contribution in [-0.4, -0.2) is 23.9 Å². The molecule has 0 radical (unpaired) electrons. The summed E-state index contributed by atoms with van der Waals surface area (Å²) in [6.45, 7) is 2.35. The zero-order chi connectivity index (χ0) is 20.6. The van der Waals surface area contributed by atoms with Gasteiger partial charge >= 0.3 is 5.97 Å². The summed E-state index contributed by atoms with van der Waals surface area (Å²) in [4.78, 5) is 16.2. The molecule has 29 heavy (non-hydrogen) atoms. The Morgan fingerprint density at radius 3 is 2.59 bits per heavy atom. The number of halogens is 1. The van der Waals surface area contributed by atoms with E-state index in [1.807, 2.05) is 43.3 Å². The molecule has 0 fully saturated rings. The Morgan fingerprint density at radius 1 is 1.10 bits per heavy atom. The van der Waals surface area contributed by atoms with Crippen LogP contribution in [0.25, 0.3) is 0 Å². The van der Waals surface area contributed by atoms with Crippen molar-refractivity contribution in [2.75, 3.05) is 6.61 Å². The quantitative estimate of drug-likeness (QED) is 0.388. The summed E-state index contributed by atoms with van der Waals surface area (Å²) in [7, 11) is 0. The predicted molar refractivity (Wildman–Crippen MR) is 117 cm³/mol. The van der Waals surface area contributed by atoms with Crippen molar-refractivity contribution in [3.63, 3.8) is 0 Å². The lowest BCUT2D eigenvalue weighted by molar-refractivity contribution is 0.0505. The average molecular weight is 408 g/mol. The van der Waals surface area contributed by atoms with Crippen molar-refractivity contribution in [1.29, 1.82) is 0 Å². The van der Waals surface area contributed by atoms with Crippen molar-refractivity contribution in [1.82, 2.24) is 0 Å². The standard InChI is InChI=1S/C24H22ClNO3/c1-2-13-29-24(28)18-8-10-21(11-9-18)26-16-20-15-17(7-12-23(20)27)14-19-5-3-4-6-22(19)25/h3-12,15-16,27H,2,13-14H2,1H3. The Hall–Kier alpha value is -3.11. The van der Waals surface area contributed by atoms with Gasteiger partial charge in [0.2, 0.25) is 0 Å². The minimum Gasteiger partial charge on any atom is -0.507 e. The van der Waals surface area contributed by atoms with E-state index in [9.17, 15) is 9.90 Å². The number of benzene rings is 3. The Bertz CT molecular complexity index is 1010. The number of carbonyl (C=O) groups excluding carboxylic acids is 1. The van der Waals surface area contributed by atoms with Gasteiger partial charge in [0.25, 0.3) is 0 Å². The van der Waals surface area contributed by atoms with Gasteiger partial charge in [-0.1, -0.05) is 42.8 Å². The van der Waals surface area contributed by atoms with E-state index < -0.39 is 0 Å². The third-order valence-corrected chi connectivity index (χ3v) is 4.71. The first-order valence-corrected chi connectivity index (χ1v) is 9.81. The van der Waals surface area contributed by atoms with E-state index in [1.165, 1.54) is 0 Å². The largest absolute Gasteiger partial charge is 0.507 e. The molecule has 5 heteroatoms. The third-order valence-electron chi connectivity index (χ3n) is 4.34. The molecular formula is C24H22ClNO3. The topological polar surface area (TPSA) is 58.9 Å². The highest BCUT2D eigenvalue weighted by atomic mass is 35.5. The number of hydrogen-bond acceptors (Lipinski definition) is 4. The molecule has 0 heterocycles. The first kappa shape index (κ1) is 20.6. The molecule has 0 aromatic heterocycles. The number of ether oxygens (including phenoxy) is 1. The maximum atomic E-state index is 11.8. The number of phenolic OH excluding ortho intramolecular Hbond substituents is 1. The van der Waals surface area contributed by atoms with Gasteiger partial charge in [0, 0.05) is 16.8 Å². The molecule has 0 aliphatic heterocycles. The van der Waals surface area contributed by atoms with Crippen molar-refractivity contribution in [2.45, 2.75) is 19.8 Å². The van der Waals surface area contributed by atoms with E-state index >= 15 is 0 Å². The Morgan fingerprint density at radius 2 is 1.86 bits per heavy atom. The molecule has 4 nitrogen and oxygen atoms in total. The summed E-state index contributed by atoms with van der Waals surface area (Å²) in [5.41, 5.74) is 3.82. The number of esters is 1. The van der Waals surface area contributed by atoms with Crippen LogP contribution in [0.2, 0.25) is 5.02 Å². The molecule has 0 saturated carbocycles. The van der Waals surface area contributed by atoms with Gasteiger partial charge in [-0.15, -0.1) is 0 Å². The minimum absolute atomic E-state index is 0.149. The van der Waals surface area contributed by atoms with E-state index in [0.29, 0.717) is 34.9 Å². The van der Waals surface area contributed by atoms with Crippen LogP contribution in [0.5, 0.6) is 5.75 Å². The van der Waals surface area contributed by atoms with Gasteiger partial charge < -0.3 is 9.84 Å². The predicted octanol–water partition coefficient (Wildman–Crippen LogP) is 5.95. The van der Waals surface area contributed by atoms with Crippen molar-refractivity contribution in [3.8, 4) is 5.75 Å². The molecular weight excluding hydrogens is 386 g/mol. The van der Waals surface area contributed by atoms with E-state index in [4.69, 9.17) is 16.3 Å². The van der Waals surface area contributed by atoms with Crippen molar-refractivity contribution >= 4 is 29.5 Å². The van der Waals surface area contributed by atoms with Gasteiger partial charge in [0.15, 0.2) is 0 Å². The number of phenols is 1. The lowest BCUT2D eigenvalue weighted by atomic mass is 10.0. The maximum Gasteiger partial charge on any atom is 0.338 e. The molecule has 148 valence electrons. The van der Waals surface area contributed by atoms with Crippen LogP contribution in [0.15, 0.2) is 71.7 Å². The molecule has 0 aliphatic carbocycles. The molecule has 0 aliphatic rings. The monoisotopic (exact) mass is 407 g/mol. The SMILES string of the molecule is CCCOC(=O)c1ccc(N=Cc2cc(Cc3ccccc3Cl)ccc2O)cc1. The van der Waals surface area contributed by atoms with Crippen LogP contribution < -0.4 is 0 Å². The summed E-state index contributed by atoms with van der Waals surface area (Å²) in [6, 6.07) is 19.9. The van der Waals surface area contributed by atoms with E-state index in [0.717, 1.165) is 17.5 Å². The molecule has 3 rings (SSSR count).